The van der Waals surface area contributed by atoms with Crippen molar-refractivity contribution in [2.75, 3.05) is 20.6 Å². The molecule has 1 aliphatic rings. The minimum absolute atomic E-state index is 0.133. The predicted octanol–water partition coefficient (Wildman–Crippen LogP) is 0.816. The average Bonchev–Trinajstić information content (AvgIpc) is 2.63. The molecule has 0 bridgehead atoms. The van der Waals surface area contributed by atoms with Gasteiger partial charge in [0.25, 0.3) is 0 Å². The minimum Gasteiger partial charge on any atom is -0.352 e. The summed E-state index contributed by atoms with van der Waals surface area (Å²) in [6.45, 7) is 5.19. The van der Waals surface area contributed by atoms with Crippen LogP contribution in [0, 0.1) is 11.8 Å². The Morgan fingerprint density at radius 1 is 1.41 bits per heavy atom. The fraction of sp³-hybridized carbons (Fsp3) is 0.923. The van der Waals surface area contributed by atoms with Crippen LogP contribution < -0.4 is 11.1 Å². The third-order valence-electron chi connectivity index (χ3n) is 3.54. The number of likely N-dealkylation sites (N-methyl/N-ethyl adjacent to an activating group) is 1. The second-order valence-corrected chi connectivity index (χ2v) is 5.89. The van der Waals surface area contributed by atoms with Gasteiger partial charge in [-0.3, -0.25) is 4.79 Å². The standard InChI is InChI=1S/C13H27N3O/c1-9(2)12(8-16(3)4)15-13(17)10-5-6-11(14)7-10/h9-12H,5-8,14H2,1-4H3,(H,15,17). The van der Waals surface area contributed by atoms with Gasteiger partial charge in [0.05, 0.1) is 0 Å². The summed E-state index contributed by atoms with van der Waals surface area (Å²) in [5, 5.41) is 3.17. The highest BCUT2D eigenvalue weighted by Crippen LogP contribution is 2.24. The lowest BCUT2D eigenvalue weighted by Gasteiger charge is -2.27. The van der Waals surface area contributed by atoms with Gasteiger partial charge >= 0.3 is 0 Å². The summed E-state index contributed by atoms with van der Waals surface area (Å²) >= 11 is 0. The molecule has 3 N–H and O–H groups in total. The number of amides is 1. The van der Waals surface area contributed by atoms with Crippen molar-refractivity contribution in [3.63, 3.8) is 0 Å². The molecule has 1 aliphatic carbocycles. The molecular formula is C13H27N3O. The molecule has 17 heavy (non-hydrogen) atoms. The molecule has 1 rings (SSSR count). The molecule has 3 unspecified atom stereocenters. The zero-order chi connectivity index (χ0) is 13.0. The molecule has 1 amide bonds. The first-order valence-electron chi connectivity index (χ1n) is 6.60. The van der Waals surface area contributed by atoms with E-state index in [1.807, 2.05) is 14.1 Å². The Hall–Kier alpha value is -0.610. The third-order valence-corrected chi connectivity index (χ3v) is 3.54. The maximum Gasteiger partial charge on any atom is 0.223 e. The summed E-state index contributed by atoms with van der Waals surface area (Å²) in [4.78, 5) is 14.2. The molecule has 0 aromatic carbocycles. The van der Waals surface area contributed by atoms with Gasteiger partial charge in [0.15, 0.2) is 0 Å². The van der Waals surface area contributed by atoms with Gasteiger partial charge in [-0.2, -0.15) is 0 Å². The second-order valence-electron chi connectivity index (χ2n) is 5.89. The number of nitrogens with two attached hydrogens (primary N) is 1. The van der Waals surface area contributed by atoms with Gasteiger partial charge in [-0.05, 0) is 39.3 Å². The van der Waals surface area contributed by atoms with Crippen molar-refractivity contribution < 1.29 is 4.79 Å². The van der Waals surface area contributed by atoms with E-state index in [2.05, 4.69) is 24.1 Å². The van der Waals surface area contributed by atoms with Crippen molar-refractivity contribution in [2.45, 2.75) is 45.2 Å². The fourth-order valence-electron chi connectivity index (χ4n) is 2.37. The first-order chi connectivity index (χ1) is 7.90. The van der Waals surface area contributed by atoms with E-state index < -0.39 is 0 Å². The molecular weight excluding hydrogens is 214 g/mol. The van der Waals surface area contributed by atoms with Gasteiger partial charge in [0.2, 0.25) is 5.91 Å². The van der Waals surface area contributed by atoms with E-state index in [4.69, 9.17) is 5.73 Å². The Kier molecular flexibility index (Phi) is 5.40. The number of carbonyl (C=O) groups excluding carboxylic acids is 1. The minimum atomic E-state index is 0.133. The SMILES string of the molecule is CC(C)C(CN(C)C)NC(=O)C1CCC(N)C1. The highest BCUT2D eigenvalue weighted by atomic mass is 16.2. The van der Waals surface area contributed by atoms with E-state index in [1.165, 1.54) is 0 Å². The summed E-state index contributed by atoms with van der Waals surface area (Å²) < 4.78 is 0. The lowest BCUT2D eigenvalue weighted by atomic mass is 10.0. The van der Waals surface area contributed by atoms with Gasteiger partial charge < -0.3 is 16.0 Å². The summed E-state index contributed by atoms with van der Waals surface area (Å²) in [5.41, 5.74) is 5.85. The topological polar surface area (TPSA) is 58.4 Å². The van der Waals surface area contributed by atoms with E-state index in [0.717, 1.165) is 25.8 Å². The van der Waals surface area contributed by atoms with Gasteiger partial charge in [-0.15, -0.1) is 0 Å². The summed E-state index contributed by atoms with van der Waals surface area (Å²) in [6, 6.07) is 0.450. The van der Waals surface area contributed by atoms with E-state index in [0.29, 0.717) is 5.92 Å². The smallest absolute Gasteiger partial charge is 0.223 e. The zero-order valence-corrected chi connectivity index (χ0v) is 11.6. The Labute approximate surface area is 105 Å². The summed E-state index contributed by atoms with van der Waals surface area (Å²) in [5.74, 6) is 0.781. The van der Waals surface area contributed by atoms with Crippen molar-refractivity contribution in [3.8, 4) is 0 Å². The molecule has 0 heterocycles. The number of rotatable bonds is 5. The lowest BCUT2D eigenvalue weighted by molar-refractivity contribution is -0.126. The van der Waals surface area contributed by atoms with Crippen molar-refractivity contribution >= 4 is 5.91 Å². The van der Waals surface area contributed by atoms with Crippen LogP contribution in [-0.4, -0.2) is 43.5 Å². The molecule has 0 aromatic heterocycles. The second kappa shape index (κ2) is 6.36. The maximum atomic E-state index is 12.1. The van der Waals surface area contributed by atoms with Gasteiger partial charge in [-0.25, -0.2) is 0 Å². The van der Waals surface area contributed by atoms with Crippen LogP contribution in [0.4, 0.5) is 0 Å². The molecule has 4 heteroatoms. The highest BCUT2D eigenvalue weighted by molar-refractivity contribution is 5.79. The third kappa shape index (κ3) is 4.64. The van der Waals surface area contributed by atoms with Gasteiger partial charge in [-0.1, -0.05) is 13.8 Å². The quantitative estimate of drug-likeness (QED) is 0.749. The van der Waals surface area contributed by atoms with Crippen molar-refractivity contribution in [1.82, 2.24) is 10.2 Å². The Balaban J connectivity index is 2.46. The van der Waals surface area contributed by atoms with Crippen LogP contribution in [-0.2, 0) is 4.79 Å². The van der Waals surface area contributed by atoms with Gasteiger partial charge in [0.1, 0.15) is 0 Å². The fourth-order valence-corrected chi connectivity index (χ4v) is 2.37. The van der Waals surface area contributed by atoms with Crippen LogP contribution >= 0.6 is 0 Å². The predicted molar refractivity (Wildman–Crippen MR) is 70.6 cm³/mol. The van der Waals surface area contributed by atoms with E-state index >= 15 is 0 Å². The molecule has 0 aromatic rings. The number of hydrogen-bond acceptors (Lipinski definition) is 3. The molecule has 100 valence electrons. The molecule has 0 saturated heterocycles. The number of carbonyl (C=O) groups is 1. The van der Waals surface area contributed by atoms with Gasteiger partial charge in [0, 0.05) is 24.5 Å². The van der Waals surface area contributed by atoms with Crippen LogP contribution in [0.25, 0.3) is 0 Å². The molecule has 0 spiro atoms. The van der Waals surface area contributed by atoms with Crippen molar-refractivity contribution in [2.24, 2.45) is 17.6 Å². The van der Waals surface area contributed by atoms with Crippen LogP contribution in [0.5, 0.6) is 0 Å². The lowest BCUT2D eigenvalue weighted by Crippen LogP contribution is -2.46. The molecule has 0 aliphatic heterocycles. The average molecular weight is 241 g/mol. The van der Waals surface area contributed by atoms with Crippen molar-refractivity contribution in [1.29, 1.82) is 0 Å². The summed E-state index contributed by atoms with van der Waals surface area (Å²) in [7, 11) is 4.07. The first-order valence-corrected chi connectivity index (χ1v) is 6.60. The largest absolute Gasteiger partial charge is 0.352 e. The normalized spacial score (nSPS) is 26.5. The van der Waals surface area contributed by atoms with Crippen molar-refractivity contribution in [3.05, 3.63) is 0 Å². The Bertz CT molecular complexity index is 253. The molecule has 1 saturated carbocycles. The molecule has 3 atom stereocenters. The first kappa shape index (κ1) is 14.5. The number of hydrogen-bond donors (Lipinski definition) is 2. The van der Waals surface area contributed by atoms with E-state index in [-0.39, 0.29) is 23.9 Å². The van der Waals surface area contributed by atoms with E-state index in [9.17, 15) is 4.79 Å². The molecule has 0 radical (unpaired) electrons. The van der Waals surface area contributed by atoms with Crippen LogP contribution in [0.1, 0.15) is 33.1 Å². The maximum absolute atomic E-state index is 12.1. The number of nitrogens with one attached hydrogen (secondary N) is 1. The van der Waals surface area contributed by atoms with Crippen LogP contribution in [0.3, 0.4) is 0 Å². The van der Waals surface area contributed by atoms with Crippen LogP contribution in [0.15, 0.2) is 0 Å². The Morgan fingerprint density at radius 2 is 2.06 bits per heavy atom. The van der Waals surface area contributed by atoms with E-state index in [1.54, 1.807) is 0 Å². The van der Waals surface area contributed by atoms with Crippen LogP contribution in [0.2, 0.25) is 0 Å². The molecule has 4 nitrogen and oxygen atoms in total. The highest BCUT2D eigenvalue weighted by Gasteiger charge is 2.29. The molecule has 1 fully saturated rings. The zero-order valence-electron chi connectivity index (χ0n) is 11.6. The number of nitrogens with zero attached hydrogens (tertiary/aromatic N) is 1. The monoisotopic (exact) mass is 241 g/mol. The Morgan fingerprint density at radius 3 is 2.47 bits per heavy atom. The summed E-state index contributed by atoms with van der Waals surface area (Å²) in [6.07, 6.45) is 2.77.